The summed E-state index contributed by atoms with van der Waals surface area (Å²) in [6, 6.07) is 10.4. The zero-order valence-corrected chi connectivity index (χ0v) is 11.1. The number of aromatic nitrogens is 1. The molecule has 100 valence electrons. The number of hydrogen-bond acceptors (Lipinski definition) is 4. The Morgan fingerprint density at radius 1 is 1.42 bits per heavy atom. The summed E-state index contributed by atoms with van der Waals surface area (Å²) in [5, 5.41) is 1.20. The van der Waals surface area contributed by atoms with Crippen LogP contribution in [-0.2, 0) is 4.74 Å². The highest BCUT2D eigenvalue weighted by molar-refractivity contribution is 5.82. The lowest BCUT2D eigenvalue weighted by Gasteiger charge is -2.21. The van der Waals surface area contributed by atoms with Crippen molar-refractivity contribution in [3.8, 4) is 0 Å². The Kier molecular flexibility index (Phi) is 3.46. The Hall–Kier alpha value is -1.49. The van der Waals surface area contributed by atoms with Gasteiger partial charge in [0, 0.05) is 17.9 Å². The van der Waals surface area contributed by atoms with Crippen molar-refractivity contribution in [3.05, 3.63) is 41.6 Å². The maximum atomic E-state index is 5.73. The van der Waals surface area contributed by atoms with Crippen LogP contribution < -0.4 is 11.3 Å². The topological polar surface area (TPSA) is 60.2 Å². The van der Waals surface area contributed by atoms with Gasteiger partial charge in [0.2, 0.25) is 0 Å². The third kappa shape index (κ3) is 2.34. The molecular formula is C15H19N3O. The zero-order chi connectivity index (χ0) is 13.2. The van der Waals surface area contributed by atoms with Crippen molar-refractivity contribution < 1.29 is 4.74 Å². The quantitative estimate of drug-likeness (QED) is 0.653. The van der Waals surface area contributed by atoms with Gasteiger partial charge in [-0.05, 0) is 31.0 Å². The van der Waals surface area contributed by atoms with E-state index in [9.17, 15) is 0 Å². The molecule has 0 amide bonds. The van der Waals surface area contributed by atoms with E-state index in [-0.39, 0.29) is 6.04 Å². The average molecular weight is 257 g/mol. The smallest absolute Gasteiger partial charge is 0.0708 e. The van der Waals surface area contributed by atoms with E-state index in [0.717, 1.165) is 30.8 Å². The first-order valence-corrected chi connectivity index (χ1v) is 6.70. The minimum Gasteiger partial charge on any atom is -0.381 e. The van der Waals surface area contributed by atoms with Gasteiger partial charge >= 0.3 is 0 Å². The number of nitrogens with one attached hydrogen (secondary N) is 1. The number of hydrogen-bond donors (Lipinski definition) is 2. The SMILES string of the molecule is Cc1cc(C(NN)C2CCOC2)nc2ccccc12. The first-order valence-electron chi connectivity index (χ1n) is 6.70. The van der Waals surface area contributed by atoms with Gasteiger partial charge in [-0.3, -0.25) is 16.3 Å². The molecule has 1 aliphatic rings. The first-order chi connectivity index (χ1) is 9.29. The molecule has 0 aliphatic carbocycles. The molecule has 1 aromatic heterocycles. The number of nitrogens with two attached hydrogens (primary N) is 1. The summed E-state index contributed by atoms with van der Waals surface area (Å²) >= 11 is 0. The molecule has 1 aliphatic heterocycles. The molecule has 2 heterocycles. The van der Waals surface area contributed by atoms with Crippen molar-refractivity contribution in [3.63, 3.8) is 0 Å². The molecular weight excluding hydrogens is 238 g/mol. The van der Waals surface area contributed by atoms with Crippen LogP contribution in [0.3, 0.4) is 0 Å². The maximum Gasteiger partial charge on any atom is 0.0708 e. The van der Waals surface area contributed by atoms with Crippen LogP contribution in [0.5, 0.6) is 0 Å². The third-order valence-corrected chi connectivity index (χ3v) is 3.88. The van der Waals surface area contributed by atoms with Gasteiger partial charge in [-0.2, -0.15) is 0 Å². The molecule has 3 N–H and O–H groups in total. The monoisotopic (exact) mass is 257 g/mol. The molecule has 2 atom stereocenters. The average Bonchev–Trinajstić information content (AvgIpc) is 2.94. The molecule has 1 saturated heterocycles. The second kappa shape index (κ2) is 5.25. The van der Waals surface area contributed by atoms with Crippen LogP contribution in [0.2, 0.25) is 0 Å². The van der Waals surface area contributed by atoms with Crippen LogP contribution in [0.25, 0.3) is 10.9 Å². The Labute approximate surface area is 112 Å². The molecule has 19 heavy (non-hydrogen) atoms. The van der Waals surface area contributed by atoms with E-state index in [4.69, 9.17) is 15.6 Å². The summed E-state index contributed by atoms with van der Waals surface area (Å²) in [6.45, 7) is 3.68. The van der Waals surface area contributed by atoms with Gasteiger partial charge < -0.3 is 4.74 Å². The molecule has 3 rings (SSSR count). The number of ether oxygens (including phenoxy) is 1. The molecule has 0 radical (unpaired) electrons. The van der Waals surface area contributed by atoms with Crippen molar-refractivity contribution >= 4 is 10.9 Å². The van der Waals surface area contributed by atoms with E-state index in [2.05, 4.69) is 24.5 Å². The van der Waals surface area contributed by atoms with Crippen molar-refractivity contribution in [1.29, 1.82) is 0 Å². The Bertz CT molecular complexity index is 579. The predicted molar refractivity (Wildman–Crippen MR) is 75.5 cm³/mol. The summed E-state index contributed by atoms with van der Waals surface area (Å²) in [6.07, 6.45) is 1.03. The van der Waals surface area contributed by atoms with Crippen LogP contribution in [0.4, 0.5) is 0 Å². The third-order valence-electron chi connectivity index (χ3n) is 3.88. The standard InChI is InChI=1S/C15H19N3O/c1-10-8-14(15(18-16)11-6-7-19-9-11)17-13-5-3-2-4-12(10)13/h2-5,8,11,15,18H,6-7,9,16H2,1H3. The molecule has 1 fully saturated rings. The van der Waals surface area contributed by atoms with Gasteiger partial charge in [0.05, 0.1) is 23.9 Å². The summed E-state index contributed by atoms with van der Waals surface area (Å²) in [4.78, 5) is 4.75. The minimum atomic E-state index is 0.0609. The van der Waals surface area contributed by atoms with Gasteiger partial charge in [-0.25, -0.2) is 0 Å². The normalized spacial score (nSPS) is 20.8. The van der Waals surface area contributed by atoms with Crippen molar-refractivity contribution in [2.75, 3.05) is 13.2 Å². The van der Waals surface area contributed by atoms with Gasteiger partial charge in [0.15, 0.2) is 0 Å². The maximum absolute atomic E-state index is 5.73. The lowest BCUT2D eigenvalue weighted by molar-refractivity contribution is 0.176. The Morgan fingerprint density at radius 2 is 2.26 bits per heavy atom. The summed E-state index contributed by atoms with van der Waals surface area (Å²) in [5.41, 5.74) is 6.18. The second-order valence-corrected chi connectivity index (χ2v) is 5.15. The fourth-order valence-corrected chi connectivity index (χ4v) is 2.81. The lowest BCUT2D eigenvalue weighted by atomic mass is 9.95. The van der Waals surface area contributed by atoms with Crippen LogP contribution >= 0.6 is 0 Å². The summed E-state index contributed by atoms with van der Waals surface area (Å²) in [5.74, 6) is 6.13. The molecule has 2 unspecified atom stereocenters. The van der Waals surface area contributed by atoms with Gasteiger partial charge in [0.1, 0.15) is 0 Å². The molecule has 0 bridgehead atoms. The van der Waals surface area contributed by atoms with Crippen molar-refractivity contribution in [2.24, 2.45) is 11.8 Å². The van der Waals surface area contributed by atoms with Crippen LogP contribution in [0.15, 0.2) is 30.3 Å². The number of benzene rings is 1. The van der Waals surface area contributed by atoms with E-state index in [0.29, 0.717) is 5.92 Å². The van der Waals surface area contributed by atoms with Crippen LogP contribution in [0, 0.1) is 12.8 Å². The van der Waals surface area contributed by atoms with Crippen LogP contribution in [0.1, 0.15) is 23.7 Å². The molecule has 4 heteroatoms. The second-order valence-electron chi connectivity index (χ2n) is 5.15. The van der Waals surface area contributed by atoms with Gasteiger partial charge in [0.25, 0.3) is 0 Å². The lowest BCUT2D eigenvalue weighted by Crippen LogP contribution is -2.34. The van der Waals surface area contributed by atoms with Gasteiger partial charge in [-0.15, -0.1) is 0 Å². The Balaban J connectivity index is 2.03. The number of hydrazine groups is 1. The van der Waals surface area contributed by atoms with Crippen molar-refractivity contribution in [2.45, 2.75) is 19.4 Å². The van der Waals surface area contributed by atoms with E-state index >= 15 is 0 Å². The molecule has 0 saturated carbocycles. The molecule has 0 spiro atoms. The fourth-order valence-electron chi connectivity index (χ4n) is 2.81. The Morgan fingerprint density at radius 3 is 3.00 bits per heavy atom. The number of fused-ring (bicyclic) bond motifs is 1. The number of nitrogens with zero attached hydrogens (tertiary/aromatic N) is 1. The number of para-hydroxylation sites is 1. The largest absolute Gasteiger partial charge is 0.381 e. The fraction of sp³-hybridized carbons (Fsp3) is 0.400. The summed E-state index contributed by atoms with van der Waals surface area (Å²) in [7, 11) is 0. The predicted octanol–water partition coefficient (Wildman–Crippen LogP) is 2.08. The highest BCUT2D eigenvalue weighted by atomic mass is 16.5. The molecule has 2 aromatic rings. The van der Waals surface area contributed by atoms with Crippen LogP contribution in [-0.4, -0.2) is 18.2 Å². The summed E-state index contributed by atoms with van der Waals surface area (Å²) < 4.78 is 5.46. The van der Waals surface area contributed by atoms with Gasteiger partial charge in [-0.1, -0.05) is 18.2 Å². The number of aryl methyl sites for hydroxylation is 1. The molecule has 4 nitrogen and oxygen atoms in total. The highest BCUT2D eigenvalue weighted by Gasteiger charge is 2.27. The first kappa shape index (κ1) is 12.5. The molecule has 1 aromatic carbocycles. The zero-order valence-electron chi connectivity index (χ0n) is 11.1. The van der Waals surface area contributed by atoms with E-state index in [1.54, 1.807) is 0 Å². The van der Waals surface area contributed by atoms with E-state index < -0.39 is 0 Å². The van der Waals surface area contributed by atoms with E-state index in [1.165, 1.54) is 10.9 Å². The van der Waals surface area contributed by atoms with E-state index in [1.807, 2.05) is 18.2 Å². The minimum absolute atomic E-state index is 0.0609. The highest BCUT2D eigenvalue weighted by Crippen LogP contribution is 2.29. The number of rotatable bonds is 3. The number of pyridine rings is 1. The van der Waals surface area contributed by atoms with Crippen molar-refractivity contribution in [1.82, 2.24) is 10.4 Å².